The van der Waals surface area contributed by atoms with E-state index in [-0.39, 0.29) is 17.1 Å². The lowest BCUT2D eigenvalue weighted by atomic mass is 10.0. The zero-order valence-corrected chi connectivity index (χ0v) is 10.9. The van der Waals surface area contributed by atoms with Crippen LogP contribution in [0.3, 0.4) is 0 Å². The Kier molecular flexibility index (Phi) is 5.75. The molecule has 0 aliphatic carbocycles. The molecule has 0 aromatic carbocycles. The fourth-order valence-electron chi connectivity index (χ4n) is 1.06. The summed E-state index contributed by atoms with van der Waals surface area (Å²) in [6.45, 7) is 8.91. The molecule has 0 rings (SSSR count). The summed E-state index contributed by atoms with van der Waals surface area (Å²) in [6.07, 6.45) is 1.51. The molecule has 0 atom stereocenters. The fourth-order valence-corrected chi connectivity index (χ4v) is 1.06. The van der Waals surface area contributed by atoms with E-state index in [0.29, 0.717) is 13.1 Å². The smallest absolute Gasteiger partial charge is 0.314 e. The maximum absolute atomic E-state index is 11.3. The van der Waals surface area contributed by atoms with E-state index in [9.17, 15) is 4.79 Å². The number of rotatable bonds is 6. The van der Waals surface area contributed by atoms with E-state index in [2.05, 4.69) is 10.6 Å². The largest absolute Gasteiger partial charge is 0.338 e. The van der Waals surface area contributed by atoms with Crippen LogP contribution in [0.5, 0.6) is 0 Å². The van der Waals surface area contributed by atoms with Gasteiger partial charge in [-0.05, 0) is 40.5 Å². The third-order valence-corrected chi connectivity index (χ3v) is 2.11. The Balaban J connectivity index is 3.53. The van der Waals surface area contributed by atoms with Gasteiger partial charge >= 0.3 is 6.03 Å². The van der Waals surface area contributed by atoms with E-state index in [1.807, 2.05) is 27.7 Å². The SMILES string of the molecule is CC(C)(N)CCNC(=O)NCCC(C)(C)N. The van der Waals surface area contributed by atoms with Gasteiger partial charge in [0.1, 0.15) is 0 Å². The van der Waals surface area contributed by atoms with Crippen LogP contribution < -0.4 is 22.1 Å². The molecule has 96 valence electrons. The van der Waals surface area contributed by atoms with E-state index in [4.69, 9.17) is 11.5 Å². The highest BCUT2D eigenvalue weighted by Gasteiger charge is 2.12. The lowest BCUT2D eigenvalue weighted by Gasteiger charge is -2.20. The summed E-state index contributed by atoms with van der Waals surface area (Å²) < 4.78 is 0. The third kappa shape index (κ3) is 11.3. The molecule has 0 unspecified atom stereocenters. The lowest BCUT2D eigenvalue weighted by Crippen LogP contribution is -2.43. The molecule has 16 heavy (non-hydrogen) atoms. The van der Waals surface area contributed by atoms with Crippen molar-refractivity contribution in [2.75, 3.05) is 13.1 Å². The molecule has 0 radical (unpaired) electrons. The molecule has 0 aliphatic heterocycles. The van der Waals surface area contributed by atoms with Gasteiger partial charge in [0.2, 0.25) is 0 Å². The molecule has 0 aromatic heterocycles. The van der Waals surface area contributed by atoms with E-state index in [1.165, 1.54) is 0 Å². The zero-order valence-electron chi connectivity index (χ0n) is 10.9. The van der Waals surface area contributed by atoms with E-state index in [1.54, 1.807) is 0 Å². The Morgan fingerprint density at radius 1 is 0.938 bits per heavy atom. The molecule has 0 aliphatic rings. The summed E-state index contributed by atoms with van der Waals surface area (Å²) in [5.74, 6) is 0. The molecule has 0 saturated heterocycles. The van der Waals surface area contributed by atoms with Crippen LogP contribution >= 0.6 is 0 Å². The standard InChI is InChI=1S/C11H26N4O/c1-10(2,12)5-7-14-9(16)15-8-6-11(3,4)13/h5-8,12-13H2,1-4H3,(H2,14,15,16). The quantitative estimate of drug-likeness (QED) is 0.536. The Bertz CT molecular complexity index is 193. The average Bonchev–Trinajstić information content (AvgIpc) is 1.98. The Hall–Kier alpha value is -0.810. The molecule has 0 spiro atoms. The first kappa shape index (κ1) is 15.2. The maximum Gasteiger partial charge on any atom is 0.314 e. The summed E-state index contributed by atoms with van der Waals surface area (Å²) in [7, 11) is 0. The van der Waals surface area contributed by atoms with Crippen molar-refractivity contribution in [2.45, 2.75) is 51.6 Å². The summed E-state index contributed by atoms with van der Waals surface area (Å²) in [4.78, 5) is 11.3. The van der Waals surface area contributed by atoms with E-state index < -0.39 is 0 Å². The van der Waals surface area contributed by atoms with Crippen molar-refractivity contribution in [2.24, 2.45) is 11.5 Å². The highest BCUT2D eigenvalue weighted by molar-refractivity contribution is 5.73. The van der Waals surface area contributed by atoms with Crippen LogP contribution in [0.25, 0.3) is 0 Å². The number of hydrogen-bond acceptors (Lipinski definition) is 3. The highest BCUT2D eigenvalue weighted by atomic mass is 16.2. The van der Waals surface area contributed by atoms with Crippen LogP contribution in [0.1, 0.15) is 40.5 Å². The molecule has 0 heterocycles. The number of nitrogens with two attached hydrogens (primary N) is 2. The van der Waals surface area contributed by atoms with Crippen LogP contribution in [-0.4, -0.2) is 30.2 Å². The number of hydrogen-bond donors (Lipinski definition) is 4. The van der Waals surface area contributed by atoms with Crippen molar-refractivity contribution in [1.29, 1.82) is 0 Å². The van der Waals surface area contributed by atoms with Gasteiger partial charge in [-0.15, -0.1) is 0 Å². The Morgan fingerprint density at radius 3 is 1.50 bits per heavy atom. The van der Waals surface area contributed by atoms with Crippen LogP contribution in [-0.2, 0) is 0 Å². The molecule has 5 nitrogen and oxygen atoms in total. The number of urea groups is 1. The van der Waals surface area contributed by atoms with Gasteiger partial charge in [0.15, 0.2) is 0 Å². The maximum atomic E-state index is 11.3. The molecular weight excluding hydrogens is 204 g/mol. The summed E-state index contributed by atoms with van der Waals surface area (Å²) in [5, 5.41) is 5.51. The van der Waals surface area contributed by atoms with E-state index in [0.717, 1.165) is 12.8 Å². The van der Waals surface area contributed by atoms with Gasteiger partial charge in [-0.2, -0.15) is 0 Å². The van der Waals surface area contributed by atoms with Crippen LogP contribution in [0.15, 0.2) is 0 Å². The molecule has 6 N–H and O–H groups in total. The van der Waals surface area contributed by atoms with Gasteiger partial charge in [-0.1, -0.05) is 0 Å². The average molecular weight is 230 g/mol. The van der Waals surface area contributed by atoms with Crippen molar-refractivity contribution in [3.05, 3.63) is 0 Å². The minimum absolute atomic E-state index is 0.159. The first-order chi connectivity index (χ1) is 7.10. The van der Waals surface area contributed by atoms with Gasteiger partial charge in [0, 0.05) is 24.2 Å². The van der Waals surface area contributed by atoms with Gasteiger partial charge in [0.05, 0.1) is 0 Å². The van der Waals surface area contributed by atoms with Crippen LogP contribution in [0, 0.1) is 0 Å². The Morgan fingerprint density at radius 2 is 1.25 bits per heavy atom. The monoisotopic (exact) mass is 230 g/mol. The molecule has 0 bridgehead atoms. The summed E-state index contributed by atoms with van der Waals surface area (Å²) in [5.41, 5.74) is 11.1. The number of amides is 2. The van der Waals surface area contributed by atoms with Crippen molar-refractivity contribution >= 4 is 6.03 Å². The van der Waals surface area contributed by atoms with Gasteiger partial charge < -0.3 is 22.1 Å². The summed E-state index contributed by atoms with van der Waals surface area (Å²) >= 11 is 0. The lowest BCUT2D eigenvalue weighted by molar-refractivity contribution is 0.239. The van der Waals surface area contributed by atoms with E-state index >= 15 is 0 Å². The predicted molar refractivity (Wildman–Crippen MR) is 67.2 cm³/mol. The highest BCUT2D eigenvalue weighted by Crippen LogP contribution is 2.02. The second-order valence-electron chi connectivity index (χ2n) is 5.66. The van der Waals surface area contributed by atoms with Crippen LogP contribution in [0.4, 0.5) is 4.79 Å². The molecule has 2 amide bonds. The minimum atomic E-state index is -0.244. The molecule has 0 fully saturated rings. The van der Waals surface area contributed by atoms with Crippen molar-refractivity contribution in [3.63, 3.8) is 0 Å². The second-order valence-corrected chi connectivity index (χ2v) is 5.66. The van der Waals surface area contributed by atoms with Crippen molar-refractivity contribution in [1.82, 2.24) is 10.6 Å². The number of nitrogens with one attached hydrogen (secondary N) is 2. The molecule has 0 saturated carbocycles. The summed E-state index contributed by atoms with van der Waals surface area (Å²) in [6, 6.07) is -0.159. The molecule has 5 heteroatoms. The molecule has 0 aromatic rings. The molecular formula is C11H26N4O. The topological polar surface area (TPSA) is 93.2 Å². The van der Waals surface area contributed by atoms with Crippen molar-refractivity contribution in [3.8, 4) is 0 Å². The second kappa shape index (κ2) is 6.06. The van der Waals surface area contributed by atoms with Gasteiger partial charge in [-0.3, -0.25) is 0 Å². The predicted octanol–water partition coefficient (Wildman–Crippen LogP) is 0.540. The third-order valence-electron chi connectivity index (χ3n) is 2.11. The number of carbonyl (C=O) groups is 1. The zero-order chi connectivity index (χ0) is 12.8. The Labute approximate surface area is 98.3 Å². The first-order valence-electron chi connectivity index (χ1n) is 5.70. The first-order valence-corrected chi connectivity index (χ1v) is 5.70. The van der Waals surface area contributed by atoms with Crippen LogP contribution in [0.2, 0.25) is 0 Å². The van der Waals surface area contributed by atoms with Gasteiger partial charge in [0.25, 0.3) is 0 Å². The fraction of sp³-hybridized carbons (Fsp3) is 0.909. The normalized spacial score (nSPS) is 12.4. The number of carbonyl (C=O) groups excluding carboxylic acids is 1. The van der Waals surface area contributed by atoms with Crippen molar-refractivity contribution < 1.29 is 4.79 Å². The minimum Gasteiger partial charge on any atom is -0.338 e. The van der Waals surface area contributed by atoms with Gasteiger partial charge in [-0.25, -0.2) is 4.79 Å².